The molecule has 0 radical (unpaired) electrons. The van der Waals surface area contributed by atoms with Crippen LogP contribution in [0.1, 0.15) is 33.1 Å². The number of hydrogen-bond donors (Lipinski definition) is 0. The van der Waals surface area contributed by atoms with E-state index in [2.05, 4.69) is 26.0 Å². The van der Waals surface area contributed by atoms with Crippen molar-refractivity contribution >= 4 is 0 Å². The van der Waals surface area contributed by atoms with Crippen molar-refractivity contribution < 1.29 is 0 Å². The molecular weight excluding hydrogens is 132 g/mol. The molecule has 11 heavy (non-hydrogen) atoms. The highest BCUT2D eigenvalue weighted by Crippen LogP contribution is 2.74. The summed E-state index contributed by atoms with van der Waals surface area (Å²) in [6, 6.07) is 0. The van der Waals surface area contributed by atoms with Gasteiger partial charge in [-0.2, -0.15) is 0 Å². The lowest BCUT2D eigenvalue weighted by atomic mass is 9.78. The molecule has 0 N–H and O–H groups in total. The SMILES string of the molecule is CC1(C)CCC23CC2C=CC13. The fourth-order valence-corrected chi connectivity index (χ4v) is 3.60. The zero-order valence-corrected chi connectivity index (χ0v) is 7.43. The molecule has 0 aromatic carbocycles. The lowest BCUT2D eigenvalue weighted by Crippen LogP contribution is -2.19. The largest absolute Gasteiger partial charge is 0.0845 e. The quantitative estimate of drug-likeness (QED) is 0.463. The van der Waals surface area contributed by atoms with Gasteiger partial charge in [-0.05, 0) is 41.9 Å². The van der Waals surface area contributed by atoms with Gasteiger partial charge in [-0.25, -0.2) is 0 Å². The zero-order chi connectivity index (χ0) is 7.69. The molecule has 0 aromatic rings. The molecule has 3 aliphatic carbocycles. The maximum Gasteiger partial charge on any atom is -0.0120 e. The van der Waals surface area contributed by atoms with E-state index in [9.17, 15) is 0 Å². The van der Waals surface area contributed by atoms with Crippen LogP contribution in [0.25, 0.3) is 0 Å². The third-order valence-corrected chi connectivity index (χ3v) is 4.41. The summed E-state index contributed by atoms with van der Waals surface area (Å²) in [5.74, 6) is 1.93. The van der Waals surface area contributed by atoms with E-state index in [1.54, 1.807) is 0 Å². The number of hydrogen-bond acceptors (Lipinski definition) is 0. The molecular formula is C11H16. The van der Waals surface area contributed by atoms with Gasteiger partial charge in [0.25, 0.3) is 0 Å². The molecule has 0 bridgehead atoms. The van der Waals surface area contributed by atoms with E-state index in [4.69, 9.17) is 0 Å². The first-order chi connectivity index (χ1) is 5.15. The van der Waals surface area contributed by atoms with Crippen LogP contribution in [-0.2, 0) is 0 Å². The second-order valence-electron chi connectivity index (χ2n) is 5.39. The standard InChI is InChI=1S/C11H16/c1-10(2)5-6-11-7-8(11)3-4-9(10)11/h3-4,8-9H,5-7H2,1-2H3. The summed E-state index contributed by atoms with van der Waals surface area (Å²) < 4.78 is 0. The first-order valence-corrected chi connectivity index (χ1v) is 4.83. The van der Waals surface area contributed by atoms with Gasteiger partial charge in [0.1, 0.15) is 0 Å². The predicted octanol–water partition coefficient (Wildman–Crippen LogP) is 3.00. The van der Waals surface area contributed by atoms with Crippen LogP contribution in [0.2, 0.25) is 0 Å². The van der Waals surface area contributed by atoms with Crippen molar-refractivity contribution in [2.45, 2.75) is 33.1 Å². The Morgan fingerprint density at radius 3 is 2.64 bits per heavy atom. The van der Waals surface area contributed by atoms with Crippen molar-refractivity contribution in [3.05, 3.63) is 12.2 Å². The monoisotopic (exact) mass is 148 g/mol. The molecule has 1 spiro atoms. The van der Waals surface area contributed by atoms with Crippen LogP contribution >= 0.6 is 0 Å². The summed E-state index contributed by atoms with van der Waals surface area (Å²) in [7, 11) is 0. The lowest BCUT2D eigenvalue weighted by molar-refractivity contribution is 0.264. The average molecular weight is 148 g/mol. The van der Waals surface area contributed by atoms with E-state index in [1.807, 2.05) is 0 Å². The van der Waals surface area contributed by atoms with Crippen molar-refractivity contribution in [3.8, 4) is 0 Å². The van der Waals surface area contributed by atoms with Crippen molar-refractivity contribution in [2.75, 3.05) is 0 Å². The van der Waals surface area contributed by atoms with Gasteiger partial charge in [0.05, 0.1) is 0 Å². The van der Waals surface area contributed by atoms with Gasteiger partial charge in [-0.1, -0.05) is 26.0 Å². The van der Waals surface area contributed by atoms with Gasteiger partial charge in [0.15, 0.2) is 0 Å². The van der Waals surface area contributed by atoms with Gasteiger partial charge in [0, 0.05) is 0 Å². The Kier molecular flexibility index (Phi) is 0.821. The Balaban J connectivity index is 2.05. The van der Waals surface area contributed by atoms with E-state index in [0.29, 0.717) is 5.41 Å². The van der Waals surface area contributed by atoms with Crippen LogP contribution in [-0.4, -0.2) is 0 Å². The maximum absolute atomic E-state index is 2.50. The Morgan fingerprint density at radius 2 is 2.00 bits per heavy atom. The predicted molar refractivity (Wildman–Crippen MR) is 46.2 cm³/mol. The Morgan fingerprint density at radius 1 is 1.18 bits per heavy atom. The Bertz CT molecular complexity index is 236. The molecule has 3 unspecified atom stereocenters. The second kappa shape index (κ2) is 1.44. The van der Waals surface area contributed by atoms with Crippen molar-refractivity contribution in [1.82, 2.24) is 0 Å². The van der Waals surface area contributed by atoms with Gasteiger partial charge < -0.3 is 0 Å². The highest BCUT2D eigenvalue weighted by atomic mass is 14.7. The van der Waals surface area contributed by atoms with E-state index in [0.717, 1.165) is 17.3 Å². The maximum atomic E-state index is 2.50. The molecule has 3 rings (SSSR count). The second-order valence-corrected chi connectivity index (χ2v) is 5.39. The smallest absolute Gasteiger partial charge is 0.0120 e. The van der Waals surface area contributed by atoms with Crippen molar-refractivity contribution in [2.24, 2.45) is 22.7 Å². The van der Waals surface area contributed by atoms with E-state index < -0.39 is 0 Å². The average Bonchev–Trinajstić information content (AvgIpc) is 2.41. The molecule has 0 nitrogen and oxygen atoms in total. The van der Waals surface area contributed by atoms with E-state index in [1.165, 1.54) is 19.3 Å². The number of allylic oxidation sites excluding steroid dienone is 2. The molecule has 2 saturated carbocycles. The first-order valence-electron chi connectivity index (χ1n) is 4.83. The molecule has 60 valence electrons. The summed E-state index contributed by atoms with van der Waals surface area (Å²) in [5.41, 5.74) is 1.41. The van der Waals surface area contributed by atoms with E-state index in [-0.39, 0.29) is 0 Å². The Labute approximate surface area is 68.7 Å². The summed E-state index contributed by atoms with van der Waals surface area (Å²) in [6.45, 7) is 4.88. The van der Waals surface area contributed by atoms with Gasteiger partial charge in [-0.15, -0.1) is 0 Å². The minimum atomic E-state index is 0.613. The highest BCUT2D eigenvalue weighted by molar-refractivity contribution is 5.29. The molecule has 0 heteroatoms. The van der Waals surface area contributed by atoms with Gasteiger partial charge >= 0.3 is 0 Å². The molecule has 3 atom stereocenters. The van der Waals surface area contributed by atoms with Crippen LogP contribution in [0.4, 0.5) is 0 Å². The van der Waals surface area contributed by atoms with Crippen LogP contribution in [0.3, 0.4) is 0 Å². The van der Waals surface area contributed by atoms with Crippen molar-refractivity contribution in [3.63, 3.8) is 0 Å². The van der Waals surface area contributed by atoms with Gasteiger partial charge in [-0.3, -0.25) is 0 Å². The summed E-state index contributed by atoms with van der Waals surface area (Å²) in [5, 5.41) is 0. The third kappa shape index (κ3) is 0.544. The topological polar surface area (TPSA) is 0 Å². The summed E-state index contributed by atoms with van der Waals surface area (Å²) in [6.07, 6.45) is 9.45. The van der Waals surface area contributed by atoms with Crippen LogP contribution in [0.15, 0.2) is 12.2 Å². The highest BCUT2D eigenvalue weighted by Gasteiger charge is 2.66. The minimum Gasteiger partial charge on any atom is -0.0845 e. The fraction of sp³-hybridized carbons (Fsp3) is 0.818. The van der Waals surface area contributed by atoms with Crippen LogP contribution in [0.5, 0.6) is 0 Å². The van der Waals surface area contributed by atoms with E-state index >= 15 is 0 Å². The molecule has 0 aromatic heterocycles. The fourth-order valence-electron chi connectivity index (χ4n) is 3.60. The Hall–Kier alpha value is -0.260. The number of rotatable bonds is 0. The van der Waals surface area contributed by atoms with Gasteiger partial charge in [0.2, 0.25) is 0 Å². The minimum absolute atomic E-state index is 0.613. The molecule has 0 heterocycles. The molecule has 0 amide bonds. The summed E-state index contributed by atoms with van der Waals surface area (Å²) in [4.78, 5) is 0. The summed E-state index contributed by atoms with van der Waals surface area (Å²) >= 11 is 0. The van der Waals surface area contributed by atoms with Crippen molar-refractivity contribution in [1.29, 1.82) is 0 Å². The van der Waals surface area contributed by atoms with Crippen LogP contribution < -0.4 is 0 Å². The lowest BCUT2D eigenvalue weighted by Gasteiger charge is -2.26. The molecule has 2 fully saturated rings. The molecule has 0 saturated heterocycles. The van der Waals surface area contributed by atoms with Crippen LogP contribution in [0, 0.1) is 22.7 Å². The third-order valence-electron chi connectivity index (χ3n) is 4.41. The molecule has 0 aliphatic heterocycles. The first kappa shape index (κ1) is 6.28. The molecule has 3 aliphatic rings. The normalized spacial score (nSPS) is 55.8. The zero-order valence-electron chi connectivity index (χ0n) is 7.43.